The fourth-order valence-electron chi connectivity index (χ4n) is 5.79. The first kappa shape index (κ1) is 35.4. The maximum atomic E-state index is 13.5. The number of nitrogens with two attached hydrogens (primary N) is 1. The Balaban J connectivity index is 1.36. The first-order valence-corrected chi connectivity index (χ1v) is 16.5. The Hall–Kier alpha value is -4.41. The number of nitrogens with zero attached hydrogens (tertiary/aromatic N) is 2. The molecule has 47 heavy (non-hydrogen) atoms. The van der Waals surface area contributed by atoms with E-state index in [1.54, 1.807) is 17.0 Å². The van der Waals surface area contributed by atoms with E-state index in [9.17, 15) is 19.5 Å². The molecule has 0 spiro atoms. The second kappa shape index (κ2) is 17.5. The zero-order chi connectivity index (χ0) is 33.8. The number of ether oxygens (including phenoxy) is 1. The van der Waals surface area contributed by atoms with Crippen LogP contribution in [0.5, 0.6) is 5.75 Å². The minimum Gasteiger partial charge on any atom is -0.488 e. The maximum absolute atomic E-state index is 13.5. The van der Waals surface area contributed by atoms with Crippen LogP contribution < -0.4 is 21.1 Å². The smallest absolute Gasteiger partial charge is 0.227 e. The third-order valence-electron chi connectivity index (χ3n) is 8.53. The van der Waals surface area contributed by atoms with Gasteiger partial charge in [-0.2, -0.15) is 0 Å². The van der Waals surface area contributed by atoms with Gasteiger partial charge in [0.05, 0.1) is 30.4 Å². The van der Waals surface area contributed by atoms with Gasteiger partial charge in [-0.05, 0) is 62.7 Å². The van der Waals surface area contributed by atoms with Crippen molar-refractivity contribution in [1.29, 1.82) is 0 Å². The van der Waals surface area contributed by atoms with E-state index in [4.69, 9.17) is 10.5 Å². The highest BCUT2D eigenvalue weighted by Crippen LogP contribution is 2.29. The van der Waals surface area contributed by atoms with Gasteiger partial charge in [0.25, 0.3) is 0 Å². The number of likely N-dealkylation sites (N-methyl/N-ethyl adjacent to an activating group) is 1. The van der Waals surface area contributed by atoms with Crippen LogP contribution in [0.4, 0.5) is 17.1 Å². The molecule has 10 nitrogen and oxygen atoms in total. The van der Waals surface area contributed by atoms with E-state index in [2.05, 4.69) is 41.6 Å². The van der Waals surface area contributed by atoms with Crippen LogP contribution in [-0.2, 0) is 27.3 Å². The second-order valence-corrected chi connectivity index (χ2v) is 12.6. The van der Waals surface area contributed by atoms with Crippen molar-refractivity contribution in [1.82, 2.24) is 9.80 Å². The van der Waals surface area contributed by atoms with Crippen molar-refractivity contribution in [3.05, 3.63) is 83.9 Å². The van der Waals surface area contributed by atoms with E-state index in [1.165, 1.54) is 5.56 Å². The summed E-state index contributed by atoms with van der Waals surface area (Å²) in [4.78, 5) is 42.5. The Morgan fingerprint density at radius 3 is 2.38 bits per heavy atom. The molecule has 4 rings (SSSR count). The Labute approximate surface area is 278 Å². The monoisotopic (exact) mass is 643 g/mol. The molecule has 0 bridgehead atoms. The number of anilines is 3. The number of benzene rings is 3. The quantitative estimate of drug-likeness (QED) is 0.142. The van der Waals surface area contributed by atoms with Gasteiger partial charge >= 0.3 is 0 Å². The summed E-state index contributed by atoms with van der Waals surface area (Å²) < 4.78 is 6.63. The van der Waals surface area contributed by atoms with Crippen LogP contribution in [0.15, 0.2) is 72.8 Å². The topological polar surface area (TPSA) is 137 Å². The van der Waals surface area contributed by atoms with Crippen molar-refractivity contribution >= 4 is 34.8 Å². The molecule has 0 unspecified atom stereocenters. The average Bonchev–Trinajstić information content (AvgIpc) is 3.09. The lowest BCUT2D eigenvalue weighted by molar-refractivity contribution is -0.134. The number of aliphatic hydroxyl groups excluding tert-OH is 1. The molecule has 3 atom stereocenters. The first-order valence-electron chi connectivity index (χ1n) is 16.5. The largest absolute Gasteiger partial charge is 0.488 e. The Bertz CT molecular complexity index is 1480. The fraction of sp³-hybridized carbons (Fsp3) is 0.432. The summed E-state index contributed by atoms with van der Waals surface area (Å²) in [5.41, 5.74) is 9.51. The van der Waals surface area contributed by atoms with Crippen molar-refractivity contribution in [2.45, 2.75) is 71.1 Å². The molecule has 1 aliphatic heterocycles. The molecule has 0 saturated carbocycles. The summed E-state index contributed by atoms with van der Waals surface area (Å²) in [7, 11) is 2.06. The van der Waals surface area contributed by atoms with Gasteiger partial charge in [-0.15, -0.1) is 0 Å². The molecule has 3 amide bonds. The summed E-state index contributed by atoms with van der Waals surface area (Å²) in [5.74, 6) is 0.289. The third kappa shape index (κ3) is 10.8. The van der Waals surface area contributed by atoms with Gasteiger partial charge in [-0.25, -0.2) is 0 Å². The molecule has 0 fully saturated rings. The molecule has 5 N–H and O–H groups in total. The van der Waals surface area contributed by atoms with Crippen molar-refractivity contribution in [2.24, 2.45) is 5.92 Å². The Morgan fingerprint density at radius 2 is 1.68 bits per heavy atom. The van der Waals surface area contributed by atoms with Crippen LogP contribution in [0.1, 0.15) is 57.1 Å². The zero-order valence-electron chi connectivity index (χ0n) is 27.8. The fourth-order valence-corrected chi connectivity index (χ4v) is 5.79. The van der Waals surface area contributed by atoms with E-state index in [0.717, 1.165) is 13.0 Å². The molecule has 3 aromatic rings. The predicted octanol–water partition coefficient (Wildman–Crippen LogP) is 5.08. The second-order valence-electron chi connectivity index (χ2n) is 12.6. The SMILES string of the molecule is C[C@@H]1CN([C@H](C)CO)C(=O)Cc2cc(NC(=O)CCCCCC(=O)Nc3ccccc3N)ccc2O[C@@H]1CN(C)Cc1ccccc1. The van der Waals surface area contributed by atoms with Crippen molar-refractivity contribution in [3.63, 3.8) is 0 Å². The van der Waals surface area contributed by atoms with Gasteiger partial charge in [0, 0.05) is 49.6 Å². The lowest BCUT2D eigenvalue weighted by Gasteiger charge is -2.34. The summed E-state index contributed by atoms with van der Waals surface area (Å²) in [6.07, 6.45) is 2.58. The molecule has 0 radical (unpaired) electrons. The van der Waals surface area contributed by atoms with Crippen molar-refractivity contribution in [2.75, 3.05) is 43.1 Å². The van der Waals surface area contributed by atoms with Crippen molar-refractivity contribution < 1.29 is 24.2 Å². The highest BCUT2D eigenvalue weighted by molar-refractivity contribution is 5.94. The summed E-state index contributed by atoms with van der Waals surface area (Å²) in [6, 6.07) is 22.5. The molecule has 0 aromatic heterocycles. The molecule has 3 aromatic carbocycles. The minimum absolute atomic E-state index is 0.000880. The number of nitrogen functional groups attached to an aromatic ring is 1. The van der Waals surface area contributed by atoms with Gasteiger partial charge < -0.3 is 31.1 Å². The summed E-state index contributed by atoms with van der Waals surface area (Å²) >= 11 is 0. The minimum atomic E-state index is -0.334. The lowest BCUT2D eigenvalue weighted by Crippen LogP contribution is -2.47. The van der Waals surface area contributed by atoms with Crippen LogP contribution in [0, 0.1) is 5.92 Å². The van der Waals surface area contributed by atoms with E-state index in [1.807, 2.05) is 55.5 Å². The van der Waals surface area contributed by atoms with Crippen LogP contribution in [-0.4, -0.2) is 71.5 Å². The molecule has 1 heterocycles. The van der Waals surface area contributed by atoms with Gasteiger partial charge in [0.15, 0.2) is 0 Å². The van der Waals surface area contributed by atoms with E-state index >= 15 is 0 Å². The van der Waals surface area contributed by atoms with E-state index < -0.39 is 0 Å². The van der Waals surface area contributed by atoms with E-state index in [-0.39, 0.29) is 48.8 Å². The number of carbonyl (C=O) groups is 3. The van der Waals surface area contributed by atoms with E-state index in [0.29, 0.717) is 67.1 Å². The molecule has 10 heteroatoms. The summed E-state index contributed by atoms with van der Waals surface area (Å²) in [6.45, 7) is 5.67. The number of unbranched alkanes of at least 4 members (excludes halogenated alkanes) is 2. The van der Waals surface area contributed by atoms with Crippen LogP contribution >= 0.6 is 0 Å². The Morgan fingerprint density at radius 1 is 1.00 bits per heavy atom. The number of rotatable bonds is 14. The number of fused-ring (bicyclic) bond motifs is 1. The number of aliphatic hydroxyl groups is 1. The molecule has 0 aliphatic carbocycles. The number of hydrogen-bond donors (Lipinski definition) is 4. The number of amides is 3. The molecule has 0 saturated heterocycles. The van der Waals surface area contributed by atoms with Crippen LogP contribution in [0.3, 0.4) is 0 Å². The molecule has 252 valence electrons. The number of nitrogens with one attached hydrogen (secondary N) is 2. The number of hydrogen-bond acceptors (Lipinski definition) is 7. The van der Waals surface area contributed by atoms with Gasteiger partial charge in [-0.3, -0.25) is 19.3 Å². The van der Waals surface area contributed by atoms with Crippen molar-refractivity contribution in [3.8, 4) is 5.75 Å². The maximum Gasteiger partial charge on any atom is 0.227 e. The predicted molar refractivity (Wildman–Crippen MR) is 186 cm³/mol. The normalized spacial score (nSPS) is 17.1. The number of carbonyl (C=O) groups excluding carboxylic acids is 3. The first-order chi connectivity index (χ1) is 22.6. The highest BCUT2D eigenvalue weighted by atomic mass is 16.5. The van der Waals surface area contributed by atoms with Crippen LogP contribution in [0.25, 0.3) is 0 Å². The average molecular weight is 644 g/mol. The molecule has 1 aliphatic rings. The number of para-hydroxylation sites is 2. The summed E-state index contributed by atoms with van der Waals surface area (Å²) in [5, 5.41) is 15.7. The standard InChI is InChI=1S/C37H49N5O5/c1-26-22-42(27(2)25-43)37(46)21-29-20-30(18-19-33(29)47-34(26)24-41(3)23-28-12-6-4-7-13-28)39-35(44)16-8-5-9-17-36(45)40-32-15-11-10-14-31(32)38/h4,6-7,10-15,18-20,26-27,34,43H,5,8-9,16-17,21-25,38H2,1-3H3,(H,39,44)(H,40,45)/t26-,27-,34-/m1/s1. The van der Waals surface area contributed by atoms with Gasteiger partial charge in [0.2, 0.25) is 17.7 Å². The highest BCUT2D eigenvalue weighted by Gasteiger charge is 2.31. The molecular weight excluding hydrogens is 594 g/mol. The van der Waals surface area contributed by atoms with Crippen LogP contribution in [0.2, 0.25) is 0 Å². The lowest BCUT2D eigenvalue weighted by atomic mass is 10.0. The van der Waals surface area contributed by atoms with Gasteiger partial charge in [-0.1, -0.05) is 55.8 Å². The van der Waals surface area contributed by atoms with Gasteiger partial charge in [0.1, 0.15) is 11.9 Å². The third-order valence-corrected chi connectivity index (χ3v) is 8.53. The molecular formula is C37H49N5O5. The Kier molecular flexibility index (Phi) is 13.2. The zero-order valence-corrected chi connectivity index (χ0v) is 27.8.